The molecule has 0 atom stereocenters. The molecular weight excluding hydrogens is 240 g/mol. The third kappa shape index (κ3) is 3.48. The minimum absolute atomic E-state index is 0.329. The number of rotatable bonds is 4. The molecule has 0 aliphatic carbocycles. The zero-order valence-electron chi connectivity index (χ0n) is 10.7. The maximum Gasteiger partial charge on any atom is 0.337 e. The Balaban J connectivity index is 1.96. The summed E-state index contributed by atoms with van der Waals surface area (Å²) in [7, 11) is 1.37. The highest BCUT2D eigenvalue weighted by Gasteiger charge is 2.03. The Morgan fingerprint density at radius 3 is 2.32 bits per heavy atom. The van der Waals surface area contributed by atoms with Crippen LogP contribution >= 0.6 is 0 Å². The van der Waals surface area contributed by atoms with Crippen LogP contribution in [0.3, 0.4) is 0 Å². The number of ether oxygens (including phenoxy) is 1. The van der Waals surface area contributed by atoms with Crippen LogP contribution in [-0.4, -0.2) is 13.1 Å². The van der Waals surface area contributed by atoms with Gasteiger partial charge in [0.25, 0.3) is 0 Å². The standard InChI is InChI=1S/C15H16N2O2/c1-19-15(18)12-4-8-14(9-5-12)17-10-11-2-6-13(16)7-3-11/h2-9,17H,10,16H2,1H3. The van der Waals surface area contributed by atoms with Crippen molar-refractivity contribution < 1.29 is 9.53 Å². The first-order valence-electron chi connectivity index (χ1n) is 5.96. The molecule has 0 saturated carbocycles. The van der Waals surface area contributed by atoms with E-state index in [1.165, 1.54) is 7.11 Å². The van der Waals surface area contributed by atoms with Crippen molar-refractivity contribution in [2.24, 2.45) is 0 Å². The van der Waals surface area contributed by atoms with E-state index in [9.17, 15) is 4.79 Å². The number of methoxy groups -OCH3 is 1. The van der Waals surface area contributed by atoms with Crippen LogP contribution in [0.15, 0.2) is 48.5 Å². The number of nitrogen functional groups attached to an aromatic ring is 1. The molecule has 0 radical (unpaired) electrons. The van der Waals surface area contributed by atoms with Crippen LogP contribution in [0, 0.1) is 0 Å². The molecule has 0 amide bonds. The van der Waals surface area contributed by atoms with Gasteiger partial charge in [0.15, 0.2) is 0 Å². The monoisotopic (exact) mass is 256 g/mol. The van der Waals surface area contributed by atoms with Gasteiger partial charge < -0.3 is 15.8 Å². The largest absolute Gasteiger partial charge is 0.465 e. The zero-order valence-corrected chi connectivity index (χ0v) is 10.7. The van der Waals surface area contributed by atoms with Gasteiger partial charge in [0, 0.05) is 17.9 Å². The Morgan fingerprint density at radius 2 is 1.74 bits per heavy atom. The predicted octanol–water partition coefficient (Wildman–Crippen LogP) is 2.67. The molecule has 0 unspecified atom stereocenters. The highest BCUT2D eigenvalue weighted by atomic mass is 16.5. The summed E-state index contributed by atoms with van der Waals surface area (Å²) in [5.74, 6) is -0.329. The maximum atomic E-state index is 11.3. The highest BCUT2D eigenvalue weighted by molar-refractivity contribution is 5.89. The molecule has 3 N–H and O–H groups in total. The van der Waals surface area contributed by atoms with Gasteiger partial charge in [0.05, 0.1) is 12.7 Å². The van der Waals surface area contributed by atoms with Crippen LogP contribution in [0.2, 0.25) is 0 Å². The Bertz CT molecular complexity index is 547. The second-order valence-corrected chi connectivity index (χ2v) is 4.16. The molecular formula is C15H16N2O2. The molecule has 0 saturated heterocycles. The van der Waals surface area contributed by atoms with E-state index in [-0.39, 0.29) is 5.97 Å². The Morgan fingerprint density at radius 1 is 1.11 bits per heavy atom. The zero-order chi connectivity index (χ0) is 13.7. The first-order valence-corrected chi connectivity index (χ1v) is 5.96. The van der Waals surface area contributed by atoms with Crippen molar-refractivity contribution in [3.8, 4) is 0 Å². The summed E-state index contributed by atoms with van der Waals surface area (Å²) in [6, 6.07) is 14.9. The van der Waals surface area contributed by atoms with Crippen LogP contribution < -0.4 is 11.1 Å². The van der Waals surface area contributed by atoms with Crippen molar-refractivity contribution in [2.75, 3.05) is 18.2 Å². The summed E-state index contributed by atoms with van der Waals surface area (Å²) in [6.45, 7) is 0.706. The summed E-state index contributed by atoms with van der Waals surface area (Å²) >= 11 is 0. The van der Waals surface area contributed by atoms with E-state index in [0.717, 1.165) is 16.9 Å². The minimum Gasteiger partial charge on any atom is -0.465 e. The van der Waals surface area contributed by atoms with Crippen molar-refractivity contribution in [1.82, 2.24) is 0 Å². The number of nitrogens with two attached hydrogens (primary N) is 1. The summed E-state index contributed by atoms with van der Waals surface area (Å²) in [4.78, 5) is 11.3. The quantitative estimate of drug-likeness (QED) is 0.652. The smallest absolute Gasteiger partial charge is 0.337 e. The van der Waals surface area contributed by atoms with Crippen molar-refractivity contribution in [3.05, 3.63) is 59.7 Å². The molecule has 0 aromatic heterocycles. The third-order valence-electron chi connectivity index (χ3n) is 2.78. The van der Waals surface area contributed by atoms with Crippen LogP contribution in [0.4, 0.5) is 11.4 Å². The molecule has 2 aromatic rings. The first-order chi connectivity index (χ1) is 9.19. The minimum atomic E-state index is -0.329. The van der Waals surface area contributed by atoms with E-state index in [1.807, 2.05) is 36.4 Å². The highest BCUT2D eigenvalue weighted by Crippen LogP contribution is 2.12. The number of carbonyl (C=O) groups excluding carboxylic acids is 1. The molecule has 0 spiro atoms. The molecule has 2 rings (SSSR count). The predicted molar refractivity (Wildman–Crippen MR) is 76.0 cm³/mol. The molecule has 4 nitrogen and oxygen atoms in total. The molecule has 4 heteroatoms. The lowest BCUT2D eigenvalue weighted by molar-refractivity contribution is 0.0601. The molecule has 0 aliphatic heterocycles. The lowest BCUT2D eigenvalue weighted by Gasteiger charge is -2.07. The van der Waals surface area contributed by atoms with Crippen LogP contribution in [0.1, 0.15) is 15.9 Å². The Kier molecular flexibility index (Phi) is 4.03. The molecule has 19 heavy (non-hydrogen) atoms. The fourth-order valence-corrected chi connectivity index (χ4v) is 1.68. The number of esters is 1. The average Bonchev–Trinajstić information content (AvgIpc) is 2.46. The van der Waals surface area contributed by atoms with Gasteiger partial charge in [-0.25, -0.2) is 4.79 Å². The van der Waals surface area contributed by atoms with Crippen LogP contribution in [0.25, 0.3) is 0 Å². The number of carbonyl (C=O) groups is 1. The molecule has 2 aromatic carbocycles. The van der Waals surface area contributed by atoms with E-state index in [1.54, 1.807) is 12.1 Å². The summed E-state index contributed by atoms with van der Waals surface area (Å²) < 4.78 is 4.65. The average molecular weight is 256 g/mol. The topological polar surface area (TPSA) is 64.3 Å². The molecule has 98 valence electrons. The van der Waals surface area contributed by atoms with Crippen molar-refractivity contribution in [2.45, 2.75) is 6.54 Å². The summed E-state index contributed by atoms with van der Waals surface area (Å²) in [6.07, 6.45) is 0. The second-order valence-electron chi connectivity index (χ2n) is 4.16. The van der Waals surface area contributed by atoms with E-state index in [0.29, 0.717) is 12.1 Å². The normalized spacial score (nSPS) is 9.95. The van der Waals surface area contributed by atoms with Gasteiger partial charge >= 0.3 is 5.97 Å². The van der Waals surface area contributed by atoms with Crippen molar-refractivity contribution in [3.63, 3.8) is 0 Å². The number of benzene rings is 2. The van der Waals surface area contributed by atoms with Gasteiger partial charge in [-0.05, 0) is 42.0 Å². The number of nitrogens with one attached hydrogen (secondary N) is 1. The fraction of sp³-hybridized carbons (Fsp3) is 0.133. The number of anilines is 2. The molecule has 0 heterocycles. The summed E-state index contributed by atoms with van der Waals surface area (Å²) in [5, 5.41) is 3.27. The van der Waals surface area contributed by atoms with Gasteiger partial charge in [0.2, 0.25) is 0 Å². The SMILES string of the molecule is COC(=O)c1ccc(NCc2ccc(N)cc2)cc1. The Labute approximate surface area is 112 Å². The van der Waals surface area contributed by atoms with Crippen molar-refractivity contribution in [1.29, 1.82) is 0 Å². The maximum absolute atomic E-state index is 11.3. The van der Waals surface area contributed by atoms with E-state index in [2.05, 4.69) is 10.1 Å². The number of hydrogen-bond donors (Lipinski definition) is 2. The Hall–Kier alpha value is -2.49. The lowest BCUT2D eigenvalue weighted by atomic mass is 10.2. The molecule has 0 bridgehead atoms. The third-order valence-corrected chi connectivity index (χ3v) is 2.78. The van der Waals surface area contributed by atoms with E-state index >= 15 is 0 Å². The number of hydrogen-bond acceptors (Lipinski definition) is 4. The van der Waals surface area contributed by atoms with Crippen LogP contribution in [0.5, 0.6) is 0 Å². The van der Waals surface area contributed by atoms with Gasteiger partial charge in [-0.3, -0.25) is 0 Å². The molecule has 0 aliphatic rings. The van der Waals surface area contributed by atoms with Gasteiger partial charge in [-0.1, -0.05) is 12.1 Å². The van der Waals surface area contributed by atoms with Crippen LogP contribution in [-0.2, 0) is 11.3 Å². The van der Waals surface area contributed by atoms with Gasteiger partial charge in [-0.2, -0.15) is 0 Å². The molecule has 0 fully saturated rings. The fourth-order valence-electron chi connectivity index (χ4n) is 1.68. The van der Waals surface area contributed by atoms with E-state index < -0.39 is 0 Å². The summed E-state index contributed by atoms with van der Waals surface area (Å²) in [5.41, 5.74) is 9.02. The second kappa shape index (κ2) is 5.91. The van der Waals surface area contributed by atoms with Gasteiger partial charge in [0.1, 0.15) is 0 Å². The van der Waals surface area contributed by atoms with Crippen molar-refractivity contribution >= 4 is 17.3 Å². The lowest BCUT2D eigenvalue weighted by Crippen LogP contribution is -2.02. The van der Waals surface area contributed by atoms with Gasteiger partial charge in [-0.15, -0.1) is 0 Å². The van der Waals surface area contributed by atoms with E-state index in [4.69, 9.17) is 5.73 Å². The first kappa shape index (κ1) is 13.0.